The first-order valence-corrected chi connectivity index (χ1v) is 9.81. The second-order valence-electron chi connectivity index (χ2n) is 5.63. The number of nitrogens with two attached hydrogens (primary N) is 1. The van der Waals surface area contributed by atoms with Crippen LogP contribution in [0, 0.1) is 5.92 Å². The first-order chi connectivity index (χ1) is 10.4. The van der Waals surface area contributed by atoms with Gasteiger partial charge >= 0.3 is 0 Å². The van der Waals surface area contributed by atoms with E-state index in [0.29, 0.717) is 24.6 Å². The quantitative estimate of drug-likeness (QED) is 0.766. The van der Waals surface area contributed by atoms with Crippen LogP contribution in [0.5, 0.6) is 0 Å². The van der Waals surface area contributed by atoms with Crippen LogP contribution in [0.2, 0.25) is 0 Å². The van der Waals surface area contributed by atoms with Crippen LogP contribution in [0.4, 0.5) is 0 Å². The lowest BCUT2D eigenvalue weighted by Crippen LogP contribution is -2.31. The number of hydrogen-bond donors (Lipinski definition) is 2. The van der Waals surface area contributed by atoms with Gasteiger partial charge in [0.25, 0.3) is 5.91 Å². The van der Waals surface area contributed by atoms with Gasteiger partial charge in [-0.25, -0.2) is 13.6 Å². The number of sulfonamides is 1. The summed E-state index contributed by atoms with van der Waals surface area (Å²) in [7, 11) is -3.75. The second kappa shape index (κ2) is 7.54. The molecule has 0 saturated heterocycles. The van der Waals surface area contributed by atoms with Gasteiger partial charge in [0.15, 0.2) is 0 Å². The number of ether oxygens (including phenoxy) is 1. The Labute approximate surface area is 135 Å². The van der Waals surface area contributed by atoms with E-state index in [0.717, 1.165) is 17.8 Å². The Hall–Kier alpha value is -0.960. The molecule has 22 heavy (non-hydrogen) atoms. The molecule has 2 rings (SSSR count). The van der Waals surface area contributed by atoms with E-state index < -0.39 is 10.0 Å². The van der Waals surface area contributed by atoms with Gasteiger partial charge in [-0.15, -0.1) is 11.3 Å². The molecule has 0 radical (unpaired) electrons. The zero-order valence-corrected chi connectivity index (χ0v) is 14.2. The molecule has 1 aromatic heterocycles. The number of carbonyl (C=O) groups excluding carboxylic acids is 1. The molecule has 1 fully saturated rings. The maximum atomic E-state index is 11.9. The summed E-state index contributed by atoms with van der Waals surface area (Å²) in [5, 5.41) is 9.23. The fourth-order valence-corrected chi connectivity index (χ4v) is 4.18. The fraction of sp³-hybridized carbons (Fsp3) is 0.643. The molecule has 124 valence electrons. The first kappa shape index (κ1) is 17.4. The third-order valence-corrected chi connectivity index (χ3v) is 6.26. The lowest BCUT2D eigenvalue weighted by atomic mass is 9.88. The Morgan fingerprint density at radius 2 is 2.18 bits per heavy atom. The molecular weight excluding hydrogens is 324 g/mol. The zero-order chi connectivity index (χ0) is 16.2. The number of primary sulfonamides is 1. The predicted molar refractivity (Wildman–Crippen MR) is 85.4 cm³/mol. The summed E-state index contributed by atoms with van der Waals surface area (Å²) in [4.78, 5) is 11.9. The molecule has 0 bridgehead atoms. The van der Waals surface area contributed by atoms with Crippen molar-refractivity contribution in [2.45, 2.75) is 42.9 Å². The van der Waals surface area contributed by atoms with E-state index in [1.54, 1.807) is 0 Å². The largest absolute Gasteiger partial charge is 0.376 e. The van der Waals surface area contributed by atoms with Gasteiger partial charge in [-0.1, -0.05) is 19.8 Å². The number of thiophene rings is 1. The summed E-state index contributed by atoms with van der Waals surface area (Å²) in [5.41, 5.74) is 0.306. The molecule has 0 aliphatic heterocycles. The lowest BCUT2D eigenvalue weighted by Gasteiger charge is -2.28. The molecule has 6 nitrogen and oxygen atoms in total. The number of nitrogens with one attached hydrogen (secondary N) is 1. The van der Waals surface area contributed by atoms with Crippen molar-refractivity contribution in [2.24, 2.45) is 11.1 Å². The van der Waals surface area contributed by atoms with Gasteiger partial charge in [-0.2, -0.15) is 0 Å². The third kappa shape index (κ3) is 4.77. The Balaban J connectivity index is 1.75. The molecule has 0 spiro atoms. The highest BCUT2D eigenvalue weighted by Crippen LogP contribution is 2.26. The second-order valence-corrected chi connectivity index (χ2v) is 8.33. The van der Waals surface area contributed by atoms with Crippen molar-refractivity contribution < 1.29 is 17.9 Å². The van der Waals surface area contributed by atoms with Crippen LogP contribution in [0.15, 0.2) is 15.7 Å². The van der Waals surface area contributed by atoms with Crippen LogP contribution < -0.4 is 10.5 Å². The Bertz CT molecular complexity index is 612. The van der Waals surface area contributed by atoms with Crippen LogP contribution in [-0.4, -0.2) is 33.6 Å². The maximum Gasteiger partial charge on any atom is 0.252 e. The van der Waals surface area contributed by atoms with Gasteiger partial charge < -0.3 is 10.1 Å². The van der Waals surface area contributed by atoms with E-state index in [1.165, 1.54) is 30.7 Å². The van der Waals surface area contributed by atoms with Crippen molar-refractivity contribution in [3.8, 4) is 0 Å². The highest BCUT2D eigenvalue weighted by atomic mass is 32.2. The molecule has 0 aromatic carbocycles. The van der Waals surface area contributed by atoms with E-state index in [9.17, 15) is 13.2 Å². The number of amides is 1. The Kier molecular flexibility index (Phi) is 5.96. The highest BCUT2D eigenvalue weighted by molar-refractivity contribution is 7.91. The average Bonchev–Trinajstić information content (AvgIpc) is 2.95. The van der Waals surface area contributed by atoms with Crippen LogP contribution in [0.3, 0.4) is 0 Å². The summed E-state index contributed by atoms with van der Waals surface area (Å²) in [6.45, 7) is 3.07. The van der Waals surface area contributed by atoms with Crippen molar-refractivity contribution in [1.82, 2.24) is 5.32 Å². The topological polar surface area (TPSA) is 98.5 Å². The van der Waals surface area contributed by atoms with Crippen LogP contribution in [-0.2, 0) is 14.8 Å². The van der Waals surface area contributed by atoms with Gasteiger partial charge in [-0.3, -0.25) is 4.79 Å². The first-order valence-electron chi connectivity index (χ1n) is 7.39. The summed E-state index contributed by atoms with van der Waals surface area (Å²) in [5.74, 6) is 0.255. The molecule has 1 aliphatic rings. The Morgan fingerprint density at radius 3 is 2.82 bits per heavy atom. The van der Waals surface area contributed by atoms with E-state index in [1.807, 2.05) is 0 Å². The van der Waals surface area contributed by atoms with Crippen LogP contribution in [0.25, 0.3) is 0 Å². The standard InChI is InChI=1S/C14H22N2O4S2/c1-10-4-2-3-5-12(10)20-7-6-16-14(17)11-8-13(21-9-11)22(15,18)19/h8-10,12H,2-7H2,1H3,(H,16,17)(H2,15,18,19)/t10-,12+/m1/s1. The van der Waals surface area contributed by atoms with Gasteiger partial charge in [0.1, 0.15) is 4.21 Å². The molecular formula is C14H22N2O4S2. The van der Waals surface area contributed by atoms with Gasteiger partial charge in [0.2, 0.25) is 10.0 Å². The molecule has 1 aliphatic carbocycles. The van der Waals surface area contributed by atoms with Crippen molar-refractivity contribution in [3.05, 3.63) is 17.0 Å². The molecule has 3 N–H and O–H groups in total. The molecule has 1 aromatic rings. The summed E-state index contributed by atoms with van der Waals surface area (Å²) < 4.78 is 28.1. The molecule has 1 saturated carbocycles. The minimum Gasteiger partial charge on any atom is -0.376 e. The summed E-state index contributed by atoms with van der Waals surface area (Å²) in [6, 6.07) is 1.29. The lowest BCUT2D eigenvalue weighted by molar-refractivity contribution is -0.00293. The van der Waals surface area contributed by atoms with E-state index >= 15 is 0 Å². The van der Waals surface area contributed by atoms with Gasteiger partial charge in [-0.05, 0) is 24.8 Å². The van der Waals surface area contributed by atoms with Crippen molar-refractivity contribution in [1.29, 1.82) is 0 Å². The van der Waals surface area contributed by atoms with Gasteiger partial charge in [0.05, 0.1) is 18.3 Å². The van der Waals surface area contributed by atoms with Crippen molar-refractivity contribution in [2.75, 3.05) is 13.2 Å². The number of rotatable bonds is 6. The van der Waals surface area contributed by atoms with Crippen molar-refractivity contribution >= 4 is 27.3 Å². The predicted octanol–water partition coefficient (Wildman–Crippen LogP) is 1.72. The smallest absolute Gasteiger partial charge is 0.252 e. The third-order valence-electron chi connectivity index (χ3n) is 3.87. The monoisotopic (exact) mass is 346 g/mol. The molecule has 2 atom stereocenters. The molecule has 1 amide bonds. The Morgan fingerprint density at radius 1 is 1.45 bits per heavy atom. The maximum absolute atomic E-state index is 11.9. The minimum absolute atomic E-state index is 0.00932. The number of carbonyl (C=O) groups is 1. The van der Waals surface area contributed by atoms with Gasteiger partial charge in [0, 0.05) is 11.9 Å². The van der Waals surface area contributed by atoms with E-state index in [4.69, 9.17) is 9.88 Å². The molecule has 0 unspecified atom stereocenters. The minimum atomic E-state index is -3.75. The van der Waals surface area contributed by atoms with Crippen molar-refractivity contribution in [3.63, 3.8) is 0 Å². The van der Waals surface area contributed by atoms with E-state index in [2.05, 4.69) is 12.2 Å². The zero-order valence-electron chi connectivity index (χ0n) is 12.6. The normalized spacial score (nSPS) is 22.5. The average molecular weight is 346 g/mol. The van der Waals surface area contributed by atoms with E-state index in [-0.39, 0.29) is 16.2 Å². The SMILES string of the molecule is C[C@@H]1CCCC[C@@H]1OCCNC(=O)c1csc(S(N)(=O)=O)c1. The van der Waals surface area contributed by atoms with Crippen LogP contribution in [0.1, 0.15) is 43.0 Å². The van der Waals surface area contributed by atoms with Crippen LogP contribution >= 0.6 is 11.3 Å². The summed E-state index contributed by atoms with van der Waals surface area (Å²) in [6.07, 6.45) is 5.02. The summed E-state index contributed by atoms with van der Waals surface area (Å²) >= 11 is 0.942. The highest BCUT2D eigenvalue weighted by Gasteiger charge is 2.21. The fourth-order valence-electron chi connectivity index (χ4n) is 2.59. The molecule has 8 heteroatoms. The number of hydrogen-bond acceptors (Lipinski definition) is 5. The molecule has 1 heterocycles.